The van der Waals surface area contributed by atoms with Crippen LogP contribution in [-0.2, 0) is 20.7 Å². The lowest BCUT2D eigenvalue weighted by molar-refractivity contribution is -0.127. The predicted octanol–water partition coefficient (Wildman–Crippen LogP) is 6.02. The molecule has 1 aromatic heterocycles. The molecule has 1 atom stereocenters. The minimum atomic E-state index is -1.04. The maximum Gasteiger partial charge on any atom is 0.407 e. The summed E-state index contributed by atoms with van der Waals surface area (Å²) in [6, 6.07) is 18.4. The number of carbonyl (C=O) groups excluding carboxylic acids is 3. The lowest BCUT2D eigenvalue weighted by Crippen LogP contribution is -2.45. The summed E-state index contributed by atoms with van der Waals surface area (Å²) in [7, 11) is 0. The third-order valence-corrected chi connectivity index (χ3v) is 9.02. The molecule has 53 heavy (non-hydrogen) atoms. The van der Waals surface area contributed by atoms with Crippen molar-refractivity contribution in [1.82, 2.24) is 31.3 Å². The van der Waals surface area contributed by atoms with Crippen LogP contribution in [0.1, 0.15) is 75.7 Å². The van der Waals surface area contributed by atoms with E-state index in [1.807, 2.05) is 52.0 Å². The number of nitrogens with one attached hydrogen (secondary N) is 4. The van der Waals surface area contributed by atoms with Gasteiger partial charge in [0.05, 0.1) is 12.2 Å². The summed E-state index contributed by atoms with van der Waals surface area (Å²) in [6.45, 7) is 8.22. The van der Waals surface area contributed by atoms with E-state index in [0.717, 1.165) is 47.9 Å². The van der Waals surface area contributed by atoms with Crippen LogP contribution in [0.4, 0.5) is 10.5 Å². The average Bonchev–Trinajstić information content (AvgIpc) is 3.66. The number of aromatic carboxylic acids is 1. The van der Waals surface area contributed by atoms with E-state index < -0.39 is 23.7 Å². The topological polar surface area (TPSA) is 198 Å². The standard InChI is InChI=1S/C39H47N7O7/c1-5-52-33-22-29(37(49)50)16-19-31(33)27-12-10-24(11-13-27)20-32(36(48)41-30-17-14-28(15-18-30)35-43-45-46-44-35)42-34(47)21-25-6-8-26(9-7-25)23-40-38(51)53-39(2,3)4/h10-19,22,25-26,32H,5-9,20-21,23H2,1-4H3,(H,40,51)(H,41,48)(H,42,47)(H,49,50)(H,43,44,45,46). The quantitative estimate of drug-likeness (QED) is 0.103. The van der Waals surface area contributed by atoms with Crippen molar-refractivity contribution >= 4 is 29.6 Å². The van der Waals surface area contributed by atoms with Crippen LogP contribution in [0.3, 0.4) is 0 Å². The van der Waals surface area contributed by atoms with E-state index in [0.29, 0.717) is 42.8 Å². The monoisotopic (exact) mass is 725 g/mol. The van der Waals surface area contributed by atoms with Crippen molar-refractivity contribution in [3.8, 4) is 28.3 Å². The Morgan fingerprint density at radius 3 is 2.23 bits per heavy atom. The van der Waals surface area contributed by atoms with Gasteiger partial charge in [-0.1, -0.05) is 24.3 Å². The number of carboxylic acid groups (broad SMARTS) is 1. The largest absolute Gasteiger partial charge is 0.493 e. The highest BCUT2D eigenvalue weighted by molar-refractivity contribution is 5.97. The zero-order chi connectivity index (χ0) is 38.0. The number of carbonyl (C=O) groups is 4. The second kappa shape index (κ2) is 17.6. The Balaban J connectivity index is 1.24. The zero-order valence-corrected chi connectivity index (χ0v) is 30.5. The minimum Gasteiger partial charge on any atom is -0.493 e. The highest BCUT2D eigenvalue weighted by Crippen LogP contribution is 2.33. The van der Waals surface area contributed by atoms with Crippen molar-refractivity contribution in [2.45, 2.75) is 77.9 Å². The lowest BCUT2D eigenvalue weighted by atomic mass is 9.80. The summed E-state index contributed by atoms with van der Waals surface area (Å²) in [5.74, 6) is -0.240. The minimum absolute atomic E-state index is 0.131. The number of carboxylic acids is 1. The Morgan fingerprint density at radius 1 is 0.925 bits per heavy atom. The molecule has 5 rings (SSSR count). The Labute approximate surface area is 308 Å². The van der Waals surface area contributed by atoms with Crippen molar-refractivity contribution in [1.29, 1.82) is 0 Å². The highest BCUT2D eigenvalue weighted by atomic mass is 16.6. The van der Waals surface area contributed by atoms with Crippen molar-refractivity contribution in [3.05, 3.63) is 77.9 Å². The molecule has 0 aliphatic heterocycles. The molecule has 280 valence electrons. The molecule has 1 fully saturated rings. The molecule has 1 aliphatic carbocycles. The fourth-order valence-electron chi connectivity index (χ4n) is 6.35. The summed E-state index contributed by atoms with van der Waals surface area (Å²) in [4.78, 5) is 50.8. The summed E-state index contributed by atoms with van der Waals surface area (Å²) >= 11 is 0. The Morgan fingerprint density at radius 2 is 1.60 bits per heavy atom. The van der Waals surface area contributed by atoms with E-state index in [-0.39, 0.29) is 29.7 Å². The van der Waals surface area contributed by atoms with Crippen LogP contribution in [-0.4, -0.2) is 74.4 Å². The third-order valence-electron chi connectivity index (χ3n) is 9.02. The molecule has 0 spiro atoms. The zero-order valence-electron chi connectivity index (χ0n) is 30.5. The first-order chi connectivity index (χ1) is 25.4. The van der Waals surface area contributed by atoms with Gasteiger partial charge in [-0.2, -0.15) is 5.21 Å². The number of alkyl carbamates (subject to hydrolysis) is 1. The number of aromatic amines is 1. The summed E-state index contributed by atoms with van der Waals surface area (Å²) in [6.07, 6.45) is 3.55. The van der Waals surface area contributed by atoms with Gasteiger partial charge >= 0.3 is 12.1 Å². The first-order valence-electron chi connectivity index (χ1n) is 17.9. The fraction of sp³-hybridized carbons (Fsp3) is 0.410. The fourth-order valence-corrected chi connectivity index (χ4v) is 6.35. The smallest absolute Gasteiger partial charge is 0.407 e. The van der Waals surface area contributed by atoms with Crippen molar-refractivity contribution in [3.63, 3.8) is 0 Å². The third kappa shape index (κ3) is 11.3. The van der Waals surface area contributed by atoms with Gasteiger partial charge in [-0.3, -0.25) is 9.59 Å². The summed E-state index contributed by atoms with van der Waals surface area (Å²) in [5.41, 5.74) is 3.22. The molecule has 1 heterocycles. The van der Waals surface area contributed by atoms with Crippen LogP contribution in [0, 0.1) is 11.8 Å². The molecule has 14 heteroatoms. The van der Waals surface area contributed by atoms with Crippen LogP contribution in [0.15, 0.2) is 66.7 Å². The molecule has 0 bridgehead atoms. The molecular formula is C39H47N7O7. The van der Waals surface area contributed by atoms with Crippen LogP contribution in [0.5, 0.6) is 5.75 Å². The van der Waals surface area contributed by atoms with Crippen LogP contribution in [0.2, 0.25) is 0 Å². The van der Waals surface area contributed by atoms with Crippen LogP contribution >= 0.6 is 0 Å². The maximum atomic E-state index is 13.7. The van der Waals surface area contributed by atoms with Gasteiger partial charge in [-0.05, 0) is 124 Å². The van der Waals surface area contributed by atoms with Crippen LogP contribution in [0.25, 0.3) is 22.5 Å². The van der Waals surface area contributed by atoms with Crippen molar-refractivity contribution < 1.29 is 33.8 Å². The lowest BCUT2D eigenvalue weighted by Gasteiger charge is -2.29. The van der Waals surface area contributed by atoms with Gasteiger partial charge in [0.15, 0.2) is 0 Å². The van der Waals surface area contributed by atoms with E-state index in [1.165, 1.54) is 12.1 Å². The first-order valence-corrected chi connectivity index (χ1v) is 17.9. The average molecular weight is 726 g/mol. The van der Waals surface area contributed by atoms with Gasteiger partial charge in [0.2, 0.25) is 17.6 Å². The summed E-state index contributed by atoms with van der Waals surface area (Å²) < 4.78 is 11.1. The van der Waals surface area contributed by atoms with E-state index in [9.17, 15) is 24.3 Å². The van der Waals surface area contributed by atoms with Gasteiger partial charge in [0.25, 0.3) is 0 Å². The molecule has 14 nitrogen and oxygen atoms in total. The number of benzene rings is 3. The van der Waals surface area contributed by atoms with E-state index >= 15 is 0 Å². The Hall–Kier alpha value is -5.79. The van der Waals surface area contributed by atoms with Gasteiger partial charge in [0.1, 0.15) is 17.4 Å². The maximum absolute atomic E-state index is 13.7. The number of hydrogen-bond acceptors (Lipinski definition) is 9. The molecule has 5 N–H and O–H groups in total. The number of aromatic nitrogens is 4. The number of tetrazole rings is 1. The predicted molar refractivity (Wildman–Crippen MR) is 198 cm³/mol. The molecule has 1 saturated carbocycles. The second-order valence-corrected chi connectivity index (χ2v) is 14.2. The Bertz CT molecular complexity index is 1850. The second-order valence-electron chi connectivity index (χ2n) is 14.2. The normalized spacial score (nSPS) is 16.2. The Kier molecular flexibility index (Phi) is 12.8. The van der Waals surface area contributed by atoms with Gasteiger partial charge in [-0.25, -0.2) is 9.59 Å². The van der Waals surface area contributed by atoms with Gasteiger partial charge < -0.3 is 30.5 Å². The molecular weight excluding hydrogens is 678 g/mol. The molecule has 0 saturated heterocycles. The molecule has 3 amide bonds. The summed E-state index contributed by atoms with van der Waals surface area (Å²) in [5, 5.41) is 32.2. The number of nitrogens with zero attached hydrogens (tertiary/aromatic N) is 3. The molecule has 0 radical (unpaired) electrons. The highest BCUT2D eigenvalue weighted by Gasteiger charge is 2.27. The number of anilines is 1. The van der Waals surface area contributed by atoms with E-state index in [2.05, 4.69) is 36.6 Å². The van der Waals surface area contributed by atoms with Gasteiger partial charge in [-0.15, -0.1) is 10.2 Å². The molecule has 4 aromatic rings. The number of rotatable bonds is 14. The number of H-pyrrole nitrogens is 1. The van der Waals surface area contributed by atoms with Crippen molar-refractivity contribution in [2.75, 3.05) is 18.5 Å². The molecule has 1 unspecified atom stereocenters. The number of hydrogen-bond donors (Lipinski definition) is 5. The van der Waals surface area contributed by atoms with Crippen molar-refractivity contribution in [2.24, 2.45) is 11.8 Å². The van der Waals surface area contributed by atoms with Gasteiger partial charge in [0, 0.05) is 36.2 Å². The molecule has 3 aromatic carbocycles. The SMILES string of the molecule is CCOc1cc(C(=O)O)ccc1-c1ccc(CC(NC(=O)CC2CCC(CNC(=O)OC(C)(C)C)CC2)C(=O)Nc2ccc(-c3nn[nH]n3)cc2)cc1. The van der Waals surface area contributed by atoms with Crippen LogP contribution < -0.4 is 20.7 Å². The number of amides is 3. The number of ether oxygens (including phenoxy) is 2. The van der Waals surface area contributed by atoms with E-state index in [4.69, 9.17) is 9.47 Å². The first kappa shape index (κ1) is 38.4. The van der Waals surface area contributed by atoms with E-state index in [1.54, 1.807) is 30.3 Å². The molecule has 1 aliphatic rings.